The predicted molar refractivity (Wildman–Crippen MR) is 44.8 cm³/mol. The summed E-state index contributed by atoms with van der Waals surface area (Å²) in [6.07, 6.45) is 2.26. The van der Waals surface area contributed by atoms with Crippen molar-refractivity contribution in [3.05, 3.63) is 17.8 Å². The molecule has 4 nitrogen and oxygen atoms in total. The van der Waals surface area contributed by atoms with Crippen molar-refractivity contribution in [1.82, 2.24) is 10.3 Å². The van der Waals surface area contributed by atoms with Gasteiger partial charge in [-0.3, -0.25) is 0 Å². The summed E-state index contributed by atoms with van der Waals surface area (Å²) in [6, 6.07) is 0. The van der Waals surface area contributed by atoms with Gasteiger partial charge in [0.05, 0.1) is 12.3 Å². The van der Waals surface area contributed by atoms with E-state index in [1.54, 1.807) is 7.11 Å². The van der Waals surface area contributed by atoms with Crippen LogP contribution in [-0.4, -0.2) is 25.7 Å². The molecule has 0 bridgehead atoms. The molecule has 0 fully saturated rings. The maximum absolute atomic E-state index is 5.19. The molecule has 0 atom stereocenters. The first-order valence-electron chi connectivity index (χ1n) is 3.93. The summed E-state index contributed by atoms with van der Waals surface area (Å²) in [5.74, 6) is 0.909. The zero-order chi connectivity index (χ0) is 8.81. The van der Waals surface area contributed by atoms with Crippen LogP contribution in [0.25, 0.3) is 0 Å². The Hall–Kier alpha value is -0.870. The molecule has 0 spiro atoms. The number of nitrogens with one attached hydrogen (secondary N) is 1. The second-order valence-electron chi connectivity index (χ2n) is 2.50. The summed E-state index contributed by atoms with van der Waals surface area (Å²) in [5.41, 5.74) is 0.967. The molecular weight excluding hydrogens is 156 g/mol. The van der Waals surface area contributed by atoms with Gasteiger partial charge in [-0.05, 0) is 7.05 Å². The number of ether oxygens (including phenoxy) is 1. The van der Waals surface area contributed by atoms with E-state index in [9.17, 15) is 0 Å². The van der Waals surface area contributed by atoms with Crippen molar-refractivity contribution < 1.29 is 9.15 Å². The molecule has 4 heteroatoms. The van der Waals surface area contributed by atoms with E-state index in [1.165, 1.54) is 6.39 Å². The molecule has 1 aromatic heterocycles. The van der Waals surface area contributed by atoms with Crippen LogP contribution in [0, 0.1) is 0 Å². The van der Waals surface area contributed by atoms with Crippen LogP contribution in [0.3, 0.4) is 0 Å². The van der Waals surface area contributed by atoms with Crippen molar-refractivity contribution in [2.24, 2.45) is 0 Å². The topological polar surface area (TPSA) is 47.3 Å². The van der Waals surface area contributed by atoms with Crippen molar-refractivity contribution in [2.45, 2.75) is 13.0 Å². The number of nitrogens with zero attached hydrogens (tertiary/aromatic N) is 1. The Morgan fingerprint density at radius 1 is 1.67 bits per heavy atom. The average molecular weight is 170 g/mol. The molecule has 0 saturated heterocycles. The van der Waals surface area contributed by atoms with Crippen molar-refractivity contribution in [1.29, 1.82) is 0 Å². The first kappa shape index (κ1) is 9.22. The molecule has 0 aliphatic heterocycles. The fraction of sp³-hybridized carbons (Fsp3) is 0.625. The lowest BCUT2D eigenvalue weighted by molar-refractivity contribution is 0.196. The molecule has 1 rings (SSSR count). The van der Waals surface area contributed by atoms with Crippen molar-refractivity contribution in [3.63, 3.8) is 0 Å². The lowest BCUT2D eigenvalue weighted by Gasteiger charge is -1.98. The zero-order valence-electron chi connectivity index (χ0n) is 7.46. The number of aromatic nitrogens is 1. The van der Waals surface area contributed by atoms with Crippen LogP contribution in [0.4, 0.5) is 0 Å². The molecule has 0 radical (unpaired) electrons. The molecule has 0 unspecified atom stereocenters. The van der Waals surface area contributed by atoms with E-state index >= 15 is 0 Å². The Labute approximate surface area is 71.9 Å². The molecular formula is C8H14N2O2. The SMILES string of the molecule is CNCc1ncoc1CCOC. The summed E-state index contributed by atoms with van der Waals surface area (Å²) >= 11 is 0. The Morgan fingerprint density at radius 3 is 3.17 bits per heavy atom. The van der Waals surface area contributed by atoms with Crippen molar-refractivity contribution in [3.8, 4) is 0 Å². The number of methoxy groups -OCH3 is 1. The van der Waals surface area contributed by atoms with E-state index in [2.05, 4.69) is 10.3 Å². The fourth-order valence-corrected chi connectivity index (χ4v) is 1.00. The van der Waals surface area contributed by atoms with E-state index in [0.29, 0.717) is 6.61 Å². The highest BCUT2D eigenvalue weighted by molar-refractivity contribution is 5.06. The molecule has 0 aliphatic carbocycles. The lowest BCUT2D eigenvalue weighted by atomic mass is 10.3. The maximum Gasteiger partial charge on any atom is 0.181 e. The van der Waals surface area contributed by atoms with Gasteiger partial charge in [0.2, 0.25) is 0 Å². The van der Waals surface area contributed by atoms with E-state index < -0.39 is 0 Å². The largest absolute Gasteiger partial charge is 0.448 e. The molecule has 1 aromatic rings. The minimum Gasteiger partial charge on any atom is -0.448 e. The van der Waals surface area contributed by atoms with Gasteiger partial charge >= 0.3 is 0 Å². The van der Waals surface area contributed by atoms with Gasteiger partial charge < -0.3 is 14.5 Å². The minimum atomic E-state index is 0.673. The van der Waals surface area contributed by atoms with Crippen LogP contribution < -0.4 is 5.32 Å². The van der Waals surface area contributed by atoms with E-state index in [0.717, 1.165) is 24.4 Å². The zero-order valence-corrected chi connectivity index (χ0v) is 7.46. The summed E-state index contributed by atoms with van der Waals surface area (Å²) < 4.78 is 10.1. The standard InChI is InChI=1S/C8H14N2O2/c1-9-5-7-8(3-4-11-2)12-6-10-7/h6,9H,3-5H2,1-2H3. The number of hydrogen-bond donors (Lipinski definition) is 1. The summed E-state index contributed by atoms with van der Waals surface area (Å²) in [5, 5.41) is 3.02. The predicted octanol–water partition coefficient (Wildman–Crippen LogP) is 0.583. The lowest BCUT2D eigenvalue weighted by Crippen LogP contribution is -2.08. The van der Waals surface area contributed by atoms with Crippen LogP contribution >= 0.6 is 0 Å². The van der Waals surface area contributed by atoms with Crippen LogP contribution in [0.5, 0.6) is 0 Å². The summed E-state index contributed by atoms with van der Waals surface area (Å²) in [6.45, 7) is 1.42. The third kappa shape index (κ3) is 2.32. The van der Waals surface area contributed by atoms with Gasteiger partial charge in [0, 0.05) is 20.1 Å². The highest BCUT2D eigenvalue weighted by atomic mass is 16.5. The number of oxazole rings is 1. The molecule has 1 heterocycles. The molecule has 0 saturated carbocycles. The Balaban J connectivity index is 2.51. The van der Waals surface area contributed by atoms with Gasteiger partial charge in [-0.2, -0.15) is 0 Å². The second kappa shape index (κ2) is 4.90. The van der Waals surface area contributed by atoms with Crippen LogP contribution in [-0.2, 0) is 17.7 Å². The third-order valence-corrected chi connectivity index (χ3v) is 1.60. The first-order chi connectivity index (χ1) is 5.88. The first-order valence-corrected chi connectivity index (χ1v) is 3.93. The van der Waals surface area contributed by atoms with Gasteiger partial charge in [-0.1, -0.05) is 0 Å². The highest BCUT2D eigenvalue weighted by Gasteiger charge is 2.05. The second-order valence-corrected chi connectivity index (χ2v) is 2.50. The fourth-order valence-electron chi connectivity index (χ4n) is 1.00. The maximum atomic E-state index is 5.19. The van der Waals surface area contributed by atoms with Crippen LogP contribution in [0.15, 0.2) is 10.8 Å². The molecule has 0 aromatic carbocycles. The van der Waals surface area contributed by atoms with Crippen molar-refractivity contribution >= 4 is 0 Å². The van der Waals surface area contributed by atoms with Crippen molar-refractivity contribution in [2.75, 3.05) is 20.8 Å². The van der Waals surface area contributed by atoms with Gasteiger partial charge in [-0.15, -0.1) is 0 Å². The third-order valence-electron chi connectivity index (χ3n) is 1.60. The molecule has 0 aliphatic rings. The monoisotopic (exact) mass is 170 g/mol. The summed E-state index contributed by atoms with van der Waals surface area (Å²) in [4.78, 5) is 4.07. The number of rotatable bonds is 5. The normalized spacial score (nSPS) is 10.5. The molecule has 68 valence electrons. The molecule has 12 heavy (non-hydrogen) atoms. The highest BCUT2D eigenvalue weighted by Crippen LogP contribution is 2.06. The molecule has 1 N–H and O–H groups in total. The van der Waals surface area contributed by atoms with E-state index in [1.807, 2.05) is 7.05 Å². The Bertz CT molecular complexity index is 223. The number of hydrogen-bond acceptors (Lipinski definition) is 4. The van der Waals surface area contributed by atoms with Gasteiger partial charge in [0.1, 0.15) is 5.76 Å². The van der Waals surface area contributed by atoms with Crippen LogP contribution in [0.1, 0.15) is 11.5 Å². The quantitative estimate of drug-likeness (QED) is 0.702. The van der Waals surface area contributed by atoms with Gasteiger partial charge in [-0.25, -0.2) is 4.98 Å². The Kier molecular flexibility index (Phi) is 3.76. The smallest absolute Gasteiger partial charge is 0.181 e. The minimum absolute atomic E-state index is 0.673. The van der Waals surface area contributed by atoms with Gasteiger partial charge in [0.15, 0.2) is 6.39 Å². The van der Waals surface area contributed by atoms with E-state index in [-0.39, 0.29) is 0 Å². The average Bonchev–Trinajstić information content (AvgIpc) is 2.50. The summed E-state index contributed by atoms with van der Waals surface area (Å²) in [7, 11) is 3.56. The van der Waals surface area contributed by atoms with Gasteiger partial charge in [0.25, 0.3) is 0 Å². The van der Waals surface area contributed by atoms with E-state index in [4.69, 9.17) is 9.15 Å². The van der Waals surface area contributed by atoms with Crippen LogP contribution in [0.2, 0.25) is 0 Å². The molecule has 0 amide bonds. The Morgan fingerprint density at radius 2 is 2.50 bits per heavy atom.